The molecule has 1 aromatic rings. The monoisotopic (exact) mass is 293 g/mol. The van der Waals surface area contributed by atoms with Gasteiger partial charge in [0.25, 0.3) is 0 Å². The quantitative estimate of drug-likeness (QED) is 0.797. The largest absolute Gasteiger partial charge is 0.370 e. The standard InChI is InChI=1S/C17H31N3O/c1-8-17(9-2,21-7)16-19-13(5)15(14(6)20-16)12(4)11-18-10-3/h12,18H,8-11H2,1-7H3. The Bertz CT molecular complexity index is 424. The van der Waals surface area contributed by atoms with Crippen molar-refractivity contribution in [3.05, 3.63) is 22.8 Å². The summed E-state index contributed by atoms with van der Waals surface area (Å²) in [7, 11) is 1.75. The van der Waals surface area contributed by atoms with E-state index in [0.29, 0.717) is 5.92 Å². The topological polar surface area (TPSA) is 47.0 Å². The van der Waals surface area contributed by atoms with Gasteiger partial charge < -0.3 is 10.1 Å². The lowest BCUT2D eigenvalue weighted by Crippen LogP contribution is -2.31. The maximum absolute atomic E-state index is 5.76. The summed E-state index contributed by atoms with van der Waals surface area (Å²) in [5.41, 5.74) is 3.05. The van der Waals surface area contributed by atoms with Crippen molar-refractivity contribution in [2.75, 3.05) is 20.2 Å². The number of likely N-dealkylation sites (N-methyl/N-ethyl adjacent to an activating group) is 1. The van der Waals surface area contributed by atoms with Gasteiger partial charge in [-0.2, -0.15) is 0 Å². The van der Waals surface area contributed by atoms with E-state index in [9.17, 15) is 0 Å². The van der Waals surface area contributed by atoms with E-state index < -0.39 is 0 Å². The molecule has 0 aliphatic carbocycles. The van der Waals surface area contributed by atoms with Crippen LogP contribution in [0.2, 0.25) is 0 Å². The fourth-order valence-electron chi connectivity index (χ4n) is 3.05. The zero-order valence-electron chi connectivity index (χ0n) is 14.7. The van der Waals surface area contributed by atoms with Crippen LogP contribution in [0.4, 0.5) is 0 Å². The molecule has 120 valence electrons. The first-order valence-electron chi connectivity index (χ1n) is 8.07. The van der Waals surface area contributed by atoms with Gasteiger partial charge in [0.05, 0.1) is 0 Å². The Morgan fingerprint density at radius 1 is 1.10 bits per heavy atom. The predicted molar refractivity (Wildman–Crippen MR) is 87.7 cm³/mol. The lowest BCUT2D eigenvalue weighted by Gasteiger charge is -2.30. The van der Waals surface area contributed by atoms with Gasteiger partial charge in [0, 0.05) is 25.0 Å². The van der Waals surface area contributed by atoms with Crippen molar-refractivity contribution in [1.29, 1.82) is 0 Å². The van der Waals surface area contributed by atoms with Crippen molar-refractivity contribution in [2.24, 2.45) is 0 Å². The highest BCUT2D eigenvalue weighted by Gasteiger charge is 2.32. The number of ether oxygens (including phenoxy) is 1. The maximum Gasteiger partial charge on any atom is 0.160 e. The molecule has 0 aliphatic heterocycles. The Kier molecular flexibility index (Phi) is 6.75. The number of nitrogens with one attached hydrogen (secondary N) is 1. The molecule has 1 aromatic heterocycles. The summed E-state index contributed by atoms with van der Waals surface area (Å²) in [6.45, 7) is 14.7. The third kappa shape index (κ3) is 3.80. The third-order valence-corrected chi connectivity index (χ3v) is 4.46. The van der Waals surface area contributed by atoms with Gasteiger partial charge in [0.2, 0.25) is 0 Å². The third-order valence-electron chi connectivity index (χ3n) is 4.46. The minimum absolute atomic E-state index is 0.362. The summed E-state index contributed by atoms with van der Waals surface area (Å²) in [6, 6.07) is 0. The lowest BCUT2D eigenvalue weighted by atomic mass is 9.93. The summed E-state index contributed by atoms with van der Waals surface area (Å²) in [5, 5.41) is 3.40. The molecule has 0 bridgehead atoms. The molecule has 0 spiro atoms. The molecule has 0 saturated carbocycles. The Hall–Kier alpha value is -1.00. The van der Waals surface area contributed by atoms with Crippen LogP contribution in [0.5, 0.6) is 0 Å². The molecule has 1 unspecified atom stereocenters. The second kappa shape index (κ2) is 7.85. The molecule has 1 rings (SSSR count). The number of aryl methyl sites for hydroxylation is 2. The number of aromatic nitrogens is 2. The lowest BCUT2D eigenvalue weighted by molar-refractivity contribution is -0.0294. The van der Waals surface area contributed by atoms with Crippen molar-refractivity contribution in [1.82, 2.24) is 15.3 Å². The number of hydrogen-bond donors (Lipinski definition) is 1. The Morgan fingerprint density at radius 2 is 1.62 bits per heavy atom. The molecule has 1 atom stereocenters. The van der Waals surface area contributed by atoms with Crippen molar-refractivity contribution in [3.63, 3.8) is 0 Å². The molecule has 21 heavy (non-hydrogen) atoms. The van der Waals surface area contributed by atoms with Crippen LogP contribution in [0.1, 0.15) is 69.2 Å². The molecule has 0 saturated heterocycles. The van der Waals surface area contributed by atoms with Gasteiger partial charge in [-0.15, -0.1) is 0 Å². The van der Waals surface area contributed by atoms with Crippen LogP contribution in [0.3, 0.4) is 0 Å². The van der Waals surface area contributed by atoms with Crippen LogP contribution >= 0.6 is 0 Å². The average molecular weight is 293 g/mol. The van der Waals surface area contributed by atoms with E-state index in [2.05, 4.69) is 46.9 Å². The van der Waals surface area contributed by atoms with Gasteiger partial charge in [-0.25, -0.2) is 9.97 Å². The van der Waals surface area contributed by atoms with E-state index in [1.807, 2.05) is 0 Å². The van der Waals surface area contributed by atoms with E-state index in [-0.39, 0.29) is 5.60 Å². The second-order valence-corrected chi connectivity index (χ2v) is 5.75. The van der Waals surface area contributed by atoms with Gasteiger partial charge in [0.15, 0.2) is 5.82 Å². The van der Waals surface area contributed by atoms with Crippen LogP contribution in [0.15, 0.2) is 0 Å². The summed E-state index contributed by atoms with van der Waals surface area (Å²) < 4.78 is 5.76. The van der Waals surface area contributed by atoms with Crippen molar-refractivity contribution in [2.45, 2.75) is 65.9 Å². The van der Waals surface area contributed by atoms with E-state index >= 15 is 0 Å². The maximum atomic E-state index is 5.76. The zero-order chi connectivity index (χ0) is 16.0. The van der Waals surface area contributed by atoms with Crippen LogP contribution in [0.25, 0.3) is 0 Å². The fourth-order valence-corrected chi connectivity index (χ4v) is 3.05. The molecule has 4 heteroatoms. The first kappa shape index (κ1) is 18.1. The van der Waals surface area contributed by atoms with Crippen LogP contribution in [-0.2, 0) is 10.3 Å². The van der Waals surface area contributed by atoms with Crippen LogP contribution in [-0.4, -0.2) is 30.2 Å². The Morgan fingerprint density at radius 3 is 2.00 bits per heavy atom. The smallest absolute Gasteiger partial charge is 0.160 e. The summed E-state index contributed by atoms with van der Waals surface area (Å²) >= 11 is 0. The second-order valence-electron chi connectivity index (χ2n) is 5.75. The van der Waals surface area contributed by atoms with E-state index in [1.54, 1.807) is 7.11 Å². The average Bonchev–Trinajstić information content (AvgIpc) is 2.47. The van der Waals surface area contributed by atoms with Crippen LogP contribution < -0.4 is 5.32 Å². The Balaban J connectivity index is 3.21. The van der Waals surface area contributed by atoms with Gasteiger partial charge in [-0.1, -0.05) is 27.7 Å². The minimum Gasteiger partial charge on any atom is -0.370 e. The van der Waals surface area contributed by atoms with E-state index in [1.165, 1.54) is 5.56 Å². The number of nitrogens with zero attached hydrogens (tertiary/aromatic N) is 2. The summed E-state index contributed by atoms with van der Waals surface area (Å²) in [6.07, 6.45) is 1.76. The molecule has 1 heterocycles. The molecular weight excluding hydrogens is 262 g/mol. The first-order chi connectivity index (χ1) is 9.95. The zero-order valence-corrected chi connectivity index (χ0v) is 14.7. The highest BCUT2D eigenvalue weighted by molar-refractivity contribution is 5.29. The normalized spacial score (nSPS) is 13.5. The molecule has 0 fully saturated rings. The molecular formula is C17H31N3O. The SMILES string of the molecule is CCNCC(C)c1c(C)nc(C(CC)(CC)OC)nc1C. The number of hydrogen-bond acceptors (Lipinski definition) is 4. The molecule has 0 aromatic carbocycles. The van der Waals surface area contributed by atoms with Gasteiger partial charge in [-0.05, 0) is 44.7 Å². The van der Waals surface area contributed by atoms with Crippen LogP contribution in [0, 0.1) is 13.8 Å². The summed E-state index contributed by atoms with van der Waals surface area (Å²) in [5.74, 6) is 1.24. The van der Waals surface area contributed by atoms with E-state index in [4.69, 9.17) is 14.7 Å². The summed E-state index contributed by atoms with van der Waals surface area (Å²) in [4.78, 5) is 9.57. The molecule has 0 amide bonds. The van der Waals surface area contributed by atoms with Crippen molar-refractivity contribution in [3.8, 4) is 0 Å². The first-order valence-corrected chi connectivity index (χ1v) is 8.07. The van der Waals surface area contributed by atoms with Gasteiger partial charge in [-0.3, -0.25) is 0 Å². The Labute approximate surface area is 129 Å². The van der Waals surface area contributed by atoms with E-state index in [0.717, 1.165) is 43.1 Å². The predicted octanol–water partition coefficient (Wildman–Crippen LogP) is 3.47. The molecule has 0 radical (unpaired) electrons. The fraction of sp³-hybridized carbons (Fsp3) is 0.765. The van der Waals surface area contributed by atoms with Gasteiger partial charge >= 0.3 is 0 Å². The van der Waals surface area contributed by atoms with Crippen molar-refractivity contribution < 1.29 is 4.74 Å². The minimum atomic E-state index is -0.362. The molecule has 1 N–H and O–H groups in total. The molecule has 4 nitrogen and oxygen atoms in total. The molecule has 0 aliphatic rings. The van der Waals surface area contributed by atoms with Gasteiger partial charge in [0.1, 0.15) is 5.60 Å². The van der Waals surface area contributed by atoms with Crippen molar-refractivity contribution >= 4 is 0 Å². The highest BCUT2D eigenvalue weighted by Crippen LogP contribution is 2.32. The number of rotatable bonds is 8. The highest BCUT2D eigenvalue weighted by atomic mass is 16.5. The number of methoxy groups -OCH3 is 1.